The summed E-state index contributed by atoms with van der Waals surface area (Å²) in [7, 11) is 1.80. The number of imidazole rings is 1. The molecule has 11 heavy (non-hydrogen) atoms. The third-order valence-corrected chi connectivity index (χ3v) is 4.57. The first kappa shape index (κ1) is 8.84. The van der Waals surface area contributed by atoms with Gasteiger partial charge in [0.25, 0.3) is 0 Å². The zero-order valence-electron chi connectivity index (χ0n) is 6.34. The van der Waals surface area contributed by atoms with E-state index in [4.69, 9.17) is 0 Å². The van der Waals surface area contributed by atoms with Gasteiger partial charge in [0.2, 0.25) is 6.33 Å². The van der Waals surface area contributed by atoms with Gasteiger partial charge in [-0.1, -0.05) is 0 Å². The highest BCUT2D eigenvalue weighted by molar-refractivity contribution is 8.55. The second-order valence-electron chi connectivity index (χ2n) is 2.13. The summed E-state index contributed by atoms with van der Waals surface area (Å²) in [5, 5.41) is 0. The van der Waals surface area contributed by atoms with E-state index in [2.05, 4.69) is 0 Å². The Balaban J connectivity index is 3.02. The Kier molecular flexibility index (Phi) is 2.42. The molecule has 0 saturated carbocycles. The third-order valence-electron chi connectivity index (χ3n) is 1.28. The van der Waals surface area contributed by atoms with Crippen LogP contribution >= 0.6 is 18.1 Å². The Hall–Kier alpha value is -0.250. The summed E-state index contributed by atoms with van der Waals surface area (Å²) in [5.74, 6) is 0. The maximum absolute atomic E-state index is 11.3. The highest BCUT2D eigenvalue weighted by atomic mass is 32.7. The van der Waals surface area contributed by atoms with Crippen LogP contribution in [0.3, 0.4) is 0 Å². The van der Waals surface area contributed by atoms with Crippen LogP contribution in [0, 0.1) is 0 Å². The quantitative estimate of drug-likeness (QED) is 0.553. The zero-order chi connectivity index (χ0) is 8.48. The van der Waals surface area contributed by atoms with E-state index in [-0.39, 0.29) is 0 Å². The van der Waals surface area contributed by atoms with E-state index >= 15 is 0 Å². The van der Waals surface area contributed by atoms with Crippen LogP contribution in [0.5, 0.6) is 0 Å². The van der Waals surface area contributed by atoms with Gasteiger partial charge in [0.05, 0.1) is 7.05 Å². The predicted molar refractivity (Wildman–Crippen MR) is 44.3 cm³/mol. The minimum Gasteiger partial charge on any atom is -0.304 e. The van der Waals surface area contributed by atoms with Crippen LogP contribution in [0.1, 0.15) is 0 Å². The van der Waals surface area contributed by atoms with E-state index < -0.39 is 6.72 Å². The third kappa shape index (κ3) is 1.86. The fraction of sp³-hybridized carbons (Fsp3) is 0.400. The molecular formula is C5H10N2O2PS+. The molecule has 1 rings (SSSR count). The fourth-order valence-electron chi connectivity index (χ4n) is 0.681. The van der Waals surface area contributed by atoms with E-state index in [1.165, 1.54) is 4.34 Å². The molecule has 62 valence electrons. The van der Waals surface area contributed by atoms with Gasteiger partial charge in [-0.2, -0.15) is 4.34 Å². The monoisotopic (exact) mass is 193 g/mol. The Morgan fingerprint density at radius 3 is 2.73 bits per heavy atom. The highest BCUT2D eigenvalue weighted by Crippen LogP contribution is 2.53. The molecule has 0 spiro atoms. The first-order valence-electron chi connectivity index (χ1n) is 2.99. The largest absolute Gasteiger partial charge is 0.437 e. The summed E-state index contributed by atoms with van der Waals surface area (Å²) in [4.78, 5) is 9.28. The molecule has 0 radical (unpaired) electrons. The lowest BCUT2D eigenvalue weighted by Crippen LogP contribution is -2.23. The Morgan fingerprint density at radius 1 is 1.73 bits per heavy atom. The minimum atomic E-state index is -3.19. The van der Waals surface area contributed by atoms with E-state index in [0.717, 1.165) is 11.4 Å². The lowest BCUT2D eigenvalue weighted by molar-refractivity contribution is -0.670. The second kappa shape index (κ2) is 3.01. The molecule has 0 fully saturated rings. The van der Waals surface area contributed by atoms with Gasteiger partial charge in [-0.25, -0.2) is 9.13 Å². The highest BCUT2D eigenvalue weighted by Gasteiger charge is 2.25. The Labute approximate surface area is 69.1 Å². The van der Waals surface area contributed by atoms with Gasteiger partial charge in [-0.05, 0) is 17.6 Å². The van der Waals surface area contributed by atoms with Gasteiger partial charge < -0.3 is 4.89 Å². The molecule has 0 amide bonds. The van der Waals surface area contributed by atoms with Crippen LogP contribution in [0.4, 0.5) is 0 Å². The molecule has 0 aromatic carbocycles. The maximum atomic E-state index is 11.3. The van der Waals surface area contributed by atoms with Gasteiger partial charge in [0, 0.05) is 0 Å². The summed E-state index contributed by atoms with van der Waals surface area (Å²) in [6.45, 7) is -3.19. The lowest BCUT2D eigenvalue weighted by Gasteiger charge is -2.00. The summed E-state index contributed by atoms with van der Waals surface area (Å²) in [6.07, 6.45) is 6.49. The molecule has 0 aliphatic rings. The van der Waals surface area contributed by atoms with Crippen LogP contribution in [0.25, 0.3) is 0 Å². The van der Waals surface area contributed by atoms with E-state index in [1.807, 2.05) is 0 Å². The molecular weight excluding hydrogens is 183 g/mol. The van der Waals surface area contributed by atoms with Gasteiger partial charge >= 0.3 is 6.72 Å². The minimum absolute atomic E-state index is 0.954. The van der Waals surface area contributed by atoms with Crippen molar-refractivity contribution < 1.29 is 14.0 Å². The van der Waals surface area contributed by atoms with E-state index in [0.29, 0.717) is 0 Å². The van der Waals surface area contributed by atoms with Crippen molar-refractivity contribution in [2.24, 2.45) is 7.05 Å². The first-order valence-corrected chi connectivity index (χ1v) is 6.43. The predicted octanol–water partition coefficient (Wildman–Crippen LogP) is 0.624. The number of aromatic nitrogens is 2. The molecule has 1 unspecified atom stereocenters. The zero-order valence-corrected chi connectivity index (χ0v) is 8.05. The smallest absolute Gasteiger partial charge is 0.304 e. The van der Waals surface area contributed by atoms with Crippen LogP contribution in [0.2, 0.25) is 0 Å². The van der Waals surface area contributed by atoms with Gasteiger partial charge in [0.15, 0.2) is 0 Å². The van der Waals surface area contributed by atoms with Gasteiger partial charge in [-0.15, -0.1) is 0 Å². The molecule has 1 aromatic heterocycles. The van der Waals surface area contributed by atoms with Gasteiger partial charge in [-0.3, -0.25) is 0 Å². The van der Waals surface area contributed by atoms with Crippen LogP contribution < -0.4 is 4.57 Å². The van der Waals surface area contributed by atoms with Crippen molar-refractivity contribution in [2.45, 2.75) is 0 Å². The molecule has 1 atom stereocenters. The summed E-state index contributed by atoms with van der Waals surface area (Å²) in [6, 6.07) is 0. The standard InChI is InChI=1S/C5H9N2O2PS/c1-6-3-4-7(5-6)10(8,9)11-2/h3-5H,1-2H3/p+1. The molecule has 0 aliphatic heterocycles. The van der Waals surface area contributed by atoms with Crippen molar-refractivity contribution in [3.8, 4) is 0 Å². The van der Waals surface area contributed by atoms with Crippen molar-refractivity contribution in [2.75, 3.05) is 6.26 Å². The van der Waals surface area contributed by atoms with Crippen molar-refractivity contribution >= 4 is 18.1 Å². The normalized spacial score (nSPS) is 16.3. The van der Waals surface area contributed by atoms with Crippen LogP contribution in [-0.4, -0.2) is 15.5 Å². The van der Waals surface area contributed by atoms with E-state index in [1.54, 1.807) is 36.6 Å². The average molecular weight is 193 g/mol. The Bertz CT molecular complexity index is 298. The molecule has 0 aliphatic carbocycles. The Morgan fingerprint density at radius 2 is 2.36 bits per heavy atom. The first-order chi connectivity index (χ1) is 5.06. The molecule has 1 N–H and O–H groups in total. The van der Waals surface area contributed by atoms with Crippen LogP contribution in [0.15, 0.2) is 18.7 Å². The van der Waals surface area contributed by atoms with Crippen LogP contribution in [-0.2, 0) is 11.6 Å². The summed E-state index contributed by atoms with van der Waals surface area (Å²) in [5.41, 5.74) is 0. The van der Waals surface area contributed by atoms with Crippen molar-refractivity contribution in [1.82, 2.24) is 4.34 Å². The fourth-order valence-corrected chi connectivity index (χ4v) is 2.25. The van der Waals surface area contributed by atoms with Crippen molar-refractivity contribution in [1.29, 1.82) is 0 Å². The molecule has 6 heteroatoms. The van der Waals surface area contributed by atoms with Crippen molar-refractivity contribution in [3.63, 3.8) is 0 Å². The maximum Gasteiger partial charge on any atom is 0.437 e. The number of nitrogens with zero attached hydrogens (tertiary/aromatic N) is 2. The second-order valence-corrected chi connectivity index (χ2v) is 6.46. The van der Waals surface area contributed by atoms with Gasteiger partial charge in [0.1, 0.15) is 12.4 Å². The summed E-state index contributed by atoms with van der Waals surface area (Å²) < 4.78 is 14.3. The topological polar surface area (TPSA) is 46.1 Å². The lowest BCUT2D eigenvalue weighted by atomic mass is 10.9. The molecule has 1 aromatic rings. The summed E-state index contributed by atoms with van der Waals surface area (Å²) >= 11 is 0.954. The molecule has 0 bridgehead atoms. The van der Waals surface area contributed by atoms with E-state index in [9.17, 15) is 9.46 Å². The number of aryl methyl sites for hydroxylation is 1. The molecule has 1 heterocycles. The number of hydrogen-bond donors (Lipinski definition) is 1. The molecule has 0 saturated heterocycles. The number of hydrogen-bond acceptors (Lipinski definition) is 2. The van der Waals surface area contributed by atoms with Crippen molar-refractivity contribution in [3.05, 3.63) is 18.7 Å². The SMILES string of the molecule is CSP(=O)(O)n1cc[n+](C)c1. The average Bonchev–Trinajstić information content (AvgIpc) is 2.36. The number of rotatable bonds is 2. The molecule has 4 nitrogen and oxygen atoms in total.